The lowest BCUT2D eigenvalue weighted by Gasteiger charge is -2.45. The van der Waals surface area contributed by atoms with Crippen molar-refractivity contribution in [2.45, 2.75) is 92.1 Å². The molecule has 26 heteroatoms. The number of phenolic OH excluding ortho intramolecular Hbond substituents is 6. The summed E-state index contributed by atoms with van der Waals surface area (Å²) >= 11 is 0. The Morgan fingerprint density at radius 1 is 0.506 bits per heavy atom. The second-order valence-corrected chi connectivity index (χ2v) is 17.8. The maximum atomic E-state index is 12.9. The van der Waals surface area contributed by atoms with Crippen molar-refractivity contribution in [2.75, 3.05) is 19.8 Å². The first-order valence-corrected chi connectivity index (χ1v) is 23.4. The van der Waals surface area contributed by atoms with Crippen LogP contribution < -0.4 is 9.47 Å². The number of ether oxygens (including phenoxy) is 8. The van der Waals surface area contributed by atoms with Gasteiger partial charge in [-0.15, -0.1) is 0 Å². The van der Waals surface area contributed by atoms with E-state index < -0.39 is 153 Å². The van der Waals surface area contributed by atoms with E-state index in [9.17, 15) is 86.2 Å². The summed E-state index contributed by atoms with van der Waals surface area (Å²) in [5.41, 5.74) is 0.570. The molecule has 1 aromatic heterocycles. The van der Waals surface area contributed by atoms with Crippen LogP contribution in [0.25, 0.3) is 34.4 Å². The Morgan fingerprint density at radius 2 is 1.01 bits per heavy atom. The van der Waals surface area contributed by atoms with Gasteiger partial charge in [-0.3, -0.25) is 0 Å². The number of phenols is 6. The minimum atomic E-state index is -2.15. The zero-order valence-corrected chi connectivity index (χ0v) is 39.8. The third-order valence-corrected chi connectivity index (χ3v) is 12.5. The van der Waals surface area contributed by atoms with Gasteiger partial charge in [-0.1, -0.05) is 12.1 Å². The fraction of sp³-hybridized carbons (Fsp3) is 0.353. The number of aromatic hydroxyl groups is 6. The zero-order valence-electron chi connectivity index (χ0n) is 39.8. The topological polar surface area (TPSA) is 423 Å². The van der Waals surface area contributed by atoms with E-state index in [2.05, 4.69) is 0 Å². The van der Waals surface area contributed by atoms with Gasteiger partial charge in [-0.25, -0.2) is 14.0 Å². The van der Waals surface area contributed by atoms with E-state index >= 15 is 0 Å². The van der Waals surface area contributed by atoms with Crippen LogP contribution in [0.1, 0.15) is 11.1 Å². The second kappa shape index (κ2) is 23.9. The quantitative estimate of drug-likeness (QED) is 0.0252. The molecule has 4 aromatic carbocycles. The molecule has 77 heavy (non-hydrogen) atoms. The van der Waals surface area contributed by atoms with Crippen molar-refractivity contribution in [1.82, 2.24) is 0 Å². The van der Waals surface area contributed by atoms with Gasteiger partial charge in [0.2, 0.25) is 18.3 Å². The molecular weight excluding hydrogens is 1030 g/mol. The van der Waals surface area contributed by atoms with Gasteiger partial charge < -0.3 is 114 Å². The van der Waals surface area contributed by atoms with Crippen molar-refractivity contribution >= 4 is 35.1 Å². The third kappa shape index (κ3) is 12.7. The molecule has 26 nitrogen and oxygen atoms in total. The number of aliphatic hydroxyl groups is 9. The van der Waals surface area contributed by atoms with Crippen LogP contribution >= 0.6 is 0 Å². The van der Waals surface area contributed by atoms with Gasteiger partial charge >= 0.3 is 23.3 Å². The van der Waals surface area contributed by atoms with Gasteiger partial charge in [0.15, 0.2) is 35.4 Å². The second-order valence-electron chi connectivity index (χ2n) is 17.8. The number of esters is 2. The van der Waals surface area contributed by atoms with Crippen LogP contribution in [0.15, 0.2) is 95.4 Å². The van der Waals surface area contributed by atoms with Gasteiger partial charge in [0.25, 0.3) is 0 Å². The summed E-state index contributed by atoms with van der Waals surface area (Å²) in [5, 5.41) is 158. The van der Waals surface area contributed by atoms with Gasteiger partial charge in [0.05, 0.1) is 18.2 Å². The minimum absolute atomic E-state index is 0.0815. The first kappa shape index (κ1) is 55.8. The van der Waals surface area contributed by atoms with E-state index in [1.165, 1.54) is 66.7 Å². The number of hydrogen-bond donors (Lipinski definition) is 15. The molecule has 3 fully saturated rings. The van der Waals surface area contributed by atoms with Gasteiger partial charge in [-0.2, -0.15) is 0 Å². The van der Waals surface area contributed by atoms with E-state index in [4.69, 9.17) is 42.3 Å². The average Bonchev–Trinajstić information content (AvgIpc) is 3.42. The van der Waals surface area contributed by atoms with Crippen LogP contribution in [0.5, 0.6) is 46.0 Å². The van der Waals surface area contributed by atoms with Gasteiger partial charge in [-0.05, 0) is 71.8 Å². The van der Waals surface area contributed by atoms with Crippen LogP contribution in [0.2, 0.25) is 0 Å². The molecule has 0 bridgehead atoms. The number of carbonyl (C=O) groups is 2. The van der Waals surface area contributed by atoms with Gasteiger partial charge in [0.1, 0.15) is 103 Å². The lowest BCUT2D eigenvalue weighted by atomic mass is 9.97. The van der Waals surface area contributed by atoms with Crippen molar-refractivity contribution in [1.29, 1.82) is 0 Å². The van der Waals surface area contributed by atoms with Crippen molar-refractivity contribution in [3.8, 4) is 57.3 Å². The fourth-order valence-corrected chi connectivity index (χ4v) is 8.23. The summed E-state index contributed by atoms with van der Waals surface area (Å²) in [7, 11) is 0. The Hall–Kier alpha value is -7.41. The number of carbonyl (C=O) groups excluding carboxylic acids is 2. The normalized spacial score (nSPS) is 29.6. The first-order valence-electron chi connectivity index (χ1n) is 23.4. The van der Waals surface area contributed by atoms with Crippen molar-refractivity contribution in [3.05, 3.63) is 102 Å². The Labute approximate surface area is 434 Å². The monoisotopic (exact) mass is 1080 g/mol. The zero-order chi connectivity index (χ0) is 55.4. The van der Waals surface area contributed by atoms with E-state index in [1.54, 1.807) is 0 Å². The smallest absolute Gasteiger partial charge is 0.402 e. The predicted molar refractivity (Wildman–Crippen MR) is 256 cm³/mol. The van der Waals surface area contributed by atoms with E-state index in [-0.39, 0.29) is 50.7 Å². The molecule has 3 aliphatic heterocycles. The molecule has 3 aliphatic rings. The standard InChI is InChI=1S/C51H52O26/c52-18-34-39(61)42(64)45(67)49(74-34)72-32-16-25(54)15-31-26(32)17-33(47(71-31)23-5-7-24(53)8-6-23)73-51-48(44(66)41(63)36(76-51)20-70-38(60)12-4-22-2-10-28(56)30(58)14-22)77-50-46(68)43(65)40(62)35(75-50)19-69-37(59)11-3-21-1-9-27(55)29(57)13-21/h1-17,34-36,39-46,48-52,61-68H,18-20H2,(H5-,53,54,55,56,57,58,59,60)/p+1/t34-,35-,36-,39-,40-,41-,42+,43+,44+,45-,46-,48-,49-,50+,51-/m1/s1. The molecule has 15 atom stereocenters. The third-order valence-electron chi connectivity index (χ3n) is 12.5. The maximum Gasteiger partial charge on any atom is 0.402 e. The molecule has 0 amide bonds. The van der Waals surface area contributed by atoms with Crippen molar-refractivity contribution < 1.29 is 128 Å². The number of fused-ring (bicyclic) bond motifs is 1. The number of rotatable bonds is 16. The highest BCUT2D eigenvalue weighted by atomic mass is 16.8. The first-order chi connectivity index (χ1) is 36.7. The van der Waals surface area contributed by atoms with E-state index in [0.717, 1.165) is 36.4 Å². The molecule has 0 unspecified atom stereocenters. The van der Waals surface area contributed by atoms with Crippen molar-refractivity contribution in [3.63, 3.8) is 0 Å². The number of aliphatic hydroxyl groups excluding tert-OH is 9. The van der Waals surface area contributed by atoms with Crippen LogP contribution in [0.4, 0.5) is 0 Å². The van der Waals surface area contributed by atoms with E-state index in [0.29, 0.717) is 0 Å². The Kier molecular flexibility index (Phi) is 17.3. The summed E-state index contributed by atoms with van der Waals surface area (Å²) < 4.78 is 52.6. The maximum absolute atomic E-state index is 12.9. The Morgan fingerprint density at radius 3 is 1.57 bits per heavy atom. The highest BCUT2D eigenvalue weighted by molar-refractivity contribution is 5.89. The summed E-state index contributed by atoms with van der Waals surface area (Å²) in [5.74, 6) is -5.35. The summed E-state index contributed by atoms with van der Waals surface area (Å²) in [6.45, 7) is -2.40. The molecule has 0 aliphatic carbocycles. The highest BCUT2D eigenvalue weighted by Crippen LogP contribution is 2.43. The molecule has 5 aromatic rings. The highest BCUT2D eigenvalue weighted by Gasteiger charge is 2.53. The largest absolute Gasteiger partial charge is 0.508 e. The summed E-state index contributed by atoms with van der Waals surface area (Å²) in [6, 6.07) is 16.1. The average molecular weight is 1080 g/mol. The predicted octanol–water partition coefficient (Wildman–Crippen LogP) is -0.675. The molecule has 0 radical (unpaired) electrons. The molecule has 412 valence electrons. The van der Waals surface area contributed by atoms with Crippen molar-refractivity contribution in [2.24, 2.45) is 0 Å². The lowest BCUT2D eigenvalue weighted by molar-refractivity contribution is -0.358. The van der Waals surface area contributed by atoms with Crippen LogP contribution in [-0.4, -0.2) is 200 Å². The fourth-order valence-electron chi connectivity index (χ4n) is 8.23. The molecule has 8 rings (SSSR count). The SMILES string of the molecule is O=C(/C=C/c1ccc(O)c(O)c1)OC[C@H]1O[C@@H](O[C@H]2[C@H](Oc3cc4c(O[C@@H]5O[C@H](CO)[C@@H](O)[C@H](O)[C@H]5O)cc(O)cc4[o+]c3-c3ccc(O)cc3)O[C@H](COC(=O)/C=C/c3ccc(O)c(O)c3)[C@@H](O)[C@@H]2O)[C@H](O)[C@@H](O)[C@@H]1O. The Balaban J connectivity index is 1.12. The molecule has 15 N–H and O–H groups in total. The minimum Gasteiger partial charge on any atom is -0.508 e. The summed E-state index contributed by atoms with van der Waals surface area (Å²) in [6.07, 6.45) is -24.2. The number of hydrogen-bond acceptors (Lipinski definition) is 25. The van der Waals surface area contributed by atoms with E-state index in [1.807, 2.05) is 0 Å². The van der Waals surface area contributed by atoms with Crippen LogP contribution in [-0.2, 0) is 38.0 Å². The van der Waals surface area contributed by atoms with Gasteiger partial charge in [0, 0.05) is 24.3 Å². The summed E-state index contributed by atoms with van der Waals surface area (Å²) in [4.78, 5) is 25.6. The molecule has 0 spiro atoms. The molecule has 3 saturated heterocycles. The number of benzene rings is 4. The van der Waals surface area contributed by atoms with Crippen LogP contribution in [0.3, 0.4) is 0 Å². The molecule has 4 heterocycles. The lowest BCUT2D eigenvalue weighted by Crippen LogP contribution is -2.65. The van der Waals surface area contributed by atoms with Crippen LogP contribution in [0, 0.1) is 0 Å². The molecular formula is C51H53O26+. The Bertz CT molecular complexity index is 2950. The molecule has 0 saturated carbocycles.